The van der Waals surface area contributed by atoms with Crippen molar-refractivity contribution in [3.63, 3.8) is 0 Å². The molecule has 1 aliphatic rings. The van der Waals surface area contributed by atoms with Gasteiger partial charge in [-0.3, -0.25) is 4.79 Å². The van der Waals surface area contributed by atoms with Crippen molar-refractivity contribution in [1.82, 2.24) is 10.6 Å². The standard InChI is InChI=1S/C10H20N2O2S/c1-8(13)7-11-4-5-12-10(14)9-3-2-6-15-9/h8-9,11,13H,2-7H2,1H3,(H,12,14). The number of hydrogen-bond acceptors (Lipinski definition) is 4. The Bertz CT molecular complexity index is 194. The van der Waals surface area contributed by atoms with Crippen LogP contribution >= 0.6 is 11.8 Å². The highest BCUT2D eigenvalue weighted by atomic mass is 32.2. The summed E-state index contributed by atoms with van der Waals surface area (Å²) < 4.78 is 0. The quantitative estimate of drug-likeness (QED) is 0.563. The normalized spacial score (nSPS) is 22.7. The van der Waals surface area contributed by atoms with Gasteiger partial charge in [0.1, 0.15) is 0 Å². The Morgan fingerprint density at radius 1 is 1.60 bits per heavy atom. The van der Waals surface area contributed by atoms with Gasteiger partial charge in [0.05, 0.1) is 11.4 Å². The molecule has 1 saturated heterocycles. The van der Waals surface area contributed by atoms with Gasteiger partial charge in [0.25, 0.3) is 0 Å². The maximum atomic E-state index is 11.5. The van der Waals surface area contributed by atoms with Crippen molar-refractivity contribution >= 4 is 17.7 Å². The van der Waals surface area contributed by atoms with E-state index in [0.717, 1.165) is 18.6 Å². The van der Waals surface area contributed by atoms with Crippen LogP contribution in [0.4, 0.5) is 0 Å². The number of thioether (sulfide) groups is 1. The van der Waals surface area contributed by atoms with Crippen molar-refractivity contribution in [3.05, 3.63) is 0 Å². The van der Waals surface area contributed by atoms with Crippen LogP contribution in [0.25, 0.3) is 0 Å². The third kappa shape index (κ3) is 5.39. The molecule has 1 aliphatic heterocycles. The lowest BCUT2D eigenvalue weighted by atomic mass is 10.2. The molecule has 1 fully saturated rings. The Hall–Kier alpha value is -0.260. The molecule has 2 unspecified atom stereocenters. The predicted octanol–water partition coefficient (Wildman–Crippen LogP) is -0.0314. The second-order valence-electron chi connectivity index (χ2n) is 3.85. The number of amides is 1. The molecular weight excluding hydrogens is 212 g/mol. The molecule has 0 aromatic rings. The van der Waals surface area contributed by atoms with Gasteiger partial charge in [0, 0.05) is 19.6 Å². The van der Waals surface area contributed by atoms with E-state index in [1.165, 1.54) is 0 Å². The molecule has 5 heteroatoms. The lowest BCUT2D eigenvalue weighted by molar-refractivity contribution is -0.120. The topological polar surface area (TPSA) is 61.4 Å². The zero-order chi connectivity index (χ0) is 11.1. The SMILES string of the molecule is CC(O)CNCCNC(=O)C1CCCS1. The van der Waals surface area contributed by atoms with Crippen LogP contribution in [0.5, 0.6) is 0 Å². The number of hydrogen-bond donors (Lipinski definition) is 3. The van der Waals surface area contributed by atoms with Crippen molar-refractivity contribution in [2.24, 2.45) is 0 Å². The molecule has 4 nitrogen and oxygen atoms in total. The van der Waals surface area contributed by atoms with E-state index < -0.39 is 0 Å². The number of nitrogens with one attached hydrogen (secondary N) is 2. The largest absolute Gasteiger partial charge is 0.392 e. The van der Waals surface area contributed by atoms with E-state index in [9.17, 15) is 4.79 Å². The smallest absolute Gasteiger partial charge is 0.233 e. The van der Waals surface area contributed by atoms with Crippen LogP contribution in [0.1, 0.15) is 19.8 Å². The summed E-state index contributed by atoms with van der Waals surface area (Å²) in [5, 5.41) is 15.1. The molecule has 0 saturated carbocycles. The molecule has 15 heavy (non-hydrogen) atoms. The third-order valence-corrected chi connectivity index (χ3v) is 3.64. The van der Waals surface area contributed by atoms with Gasteiger partial charge in [-0.1, -0.05) is 0 Å². The van der Waals surface area contributed by atoms with Crippen molar-refractivity contribution in [2.75, 3.05) is 25.4 Å². The predicted molar refractivity (Wildman–Crippen MR) is 63.0 cm³/mol. The maximum Gasteiger partial charge on any atom is 0.233 e. The molecular formula is C10H20N2O2S. The fourth-order valence-corrected chi connectivity index (χ4v) is 2.67. The monoisotopic (exact) mass is 232 g/mol. The molecule has 1 heterocycles. The summed E-state index contributed by atoms with van der Waals surface area (Å²) in [5.74, 6) is 1.27. The highest BCUT2D eigenvalue weighted by molar-refractivity contribution is 8.00. The van der Waals surface area contributed by atoms with Crippen LogP contribution < -0.4 is 10.6 Å². The van der Waals surface area contributed by atoms with Crippen molar-refractivity contribution < 1.29 is 9.90 Å². The number of carbonyl (C=O) groups excluding carboxylic acids is 1. The average Bonchev–Trinajstić information content (AvgIpc) is 2.69. The van der Waals surface area contributed by atoms with Gasteiger partial charge < -0.3 is 15.7 Å². The molecule has 0 aromatic carbocycles. The van der Waals surface area contributed by atoms with Crippen LogP contribution in [0, 0.1) is 0 Å². The van der Waals surface area contributed by atoms with Gasteiger partial charge in [0.15, 0.2) is 0 Å². The molecule has 0 spiro atoms. The molecule has 88 valence electrons. The summed E-state index contributed by atoms with van der Waals surface area (Å²) in [6, 6.07) is 0. The summed E-state index contributed by atoms with van der Waals surface area (Å²) in [4.78, 5) is 11.5. The van der Waals surface area contributed by atoms with Gasteiger partial charge in [-0.25, -0.2) is 0 Å². The zero-order valence-electron chi connectivity index (χ0n) is 9.16. The Labute approximate surface area is 95.2 Å². The number of aliphatic hydroxyl groups excluding tert-OH is 1. The van der Waals surface area contributed by atoms with Crippen LogP contribution in [-0.2, 0) is 4.79 Å². The number of rotatable bonds is 6. The summed E-state index contributed by atoms with van der Waals surface area (Å²) >= 11 is 1.75. The minimum Gasteiger partial charge on any atom is -0.392 e. The van der Waals surface area contributed by atoms with Gasteiger partial charge >= 0.3 is 0 Å². The molecule has 0 radical (unpaired) electrons. The van der Waals surface area contributed by atoms with Crippen LogP contribution in [0.3, 0.4) is 0 Å². The minimum absolute atomic E-state index is 0.163. The van der Waals surface area contributed by atoms with Gasteiger partial charge in [-0.15, -0.1) is 11.8 Å². The van der Waals surface area contributed by atoms with E-state index in [2.05, 4.69) is 10.6 Å². The fraction of sp³-hybridized carbons (Fsp3) is 0.900. The summed E-state index contributed by atoms with van der Waals surface area (Å²) in [5.41, 5.74) is 0. The third-order valence-electron chi connectivity index (χ3n) is 2.26. The minimum atomic E-state index is -0.328. The molecule has 0 aliphatic carbocycles. The highest BCUT2D eigenvalue weighted by Crippen LogP contribution is 2.25. The fourth-order valence-electron chi connectivity index (χ4n) is 1.48. The second-order valence-corrected chi connectivity index (χ2v) is 5.16. The summed E-state index contributed by atoms with van der Waals surface area (Å²) in [6.07, 6.45) is 1.84. The zero-order valence-corrected chi connectivity index (χ0v) is 9.98. The van der Waals surface area contributed by atoms with Gasteiger partial charge in [-0.2, -0.15) is 0 Å². The first-order chi connectivity index (χ1) is 7.20. The average molecular weight is 232 g/mol. The van der Waals surface area contributed by atoms with Crippen molar-refractivity contribution in [3.8, 4) is 0 Å². The summed E-state index contributed by atoms with van der Waals surface area (Å²) in [7, 11) is 0. The van der Waals surface area contributed by atoms with E-state index in [0.29, 0.717) is 19.6 Å². The summed E-state index contributed by atoms with van der Waals surface area (Å²) in [6.45, 7) is 3.67. The van der Waals surface area contributed by atoms with E-state index in [1.807, 2.05) is 0 Å². The Kier molecular flexibility index (Phi) is 6.05. The van der Waals surface area contributed by atoms with E-state index in [4.69, 9.17) is 5.11 Å². The molecule has 0 aromatic heterocycles. The maximum absolute atomic E-state index is 11.5. The van der Waals surface area contributed by atoms with E-state index in [1.54, 1.807) is 18.7 Å². The molecule has 1 amide bonds. The van der Waals surface area contributed by atoms with Crippen LogP contribution in [0.15, 0.2) is 0 Å². The molecule has 2 atom stereocenters. The first kappa shape index (κ1) is 12.8. The Morgan fingerprint density at radius 3 is 3.00 bits per heavy atom. The van der Waals surface area contributed by atoms with E-state index in [-0.39, 0.29) is 17.3 Å². The highest BCUT2D eigenvalue weighted by Gasteiger charge is 2.22. The van der Waals surface area contributed by atoms with Crippen molar-refractivity contribution in [1.29, 1.82) is 0 Å². The first-order valence-corrected chi connectivity index (χ1v) is 6.53. The van der Waals surface area contributed by atoms with Gasteiger partial charge in [-0.05, 0) is 25.5 Å². The second kappa shape index (κ2) is 7.09. The lowest BCUT2D eigenvalue weighted by Crippen LogP contribution is -2.37. The molecule has 0 bridgehead atoms. The first-order valence-electron chi connectivity index (χ1n) is 5.48. The van der Waals surface area contributed by atoms with Crippen molar-refractivity contribution in [2.45, 2.75) is 31.1 Å². The lowest BCUT2D eigenvalue weighted by Gasteiger charge is -2.11. The van der Waals surface area contributed by atoms with Gasteiger partial charge in [0.2, 0.25) is 5.91 Å². The number of carbonyl (C=O) groups is 1. The van der Waals surface area contributed by atoms with E-state index >= 15 is 0 Å². The van der Waals surface area contributed by atoms with Crippen LogP contribution in [0.2, 0.25) is 0 Å². The molecule has 1 rings (SSSR count). The van der Waals surface area contributed by atoms with Crippen LogP contribution in [-0.4, -0.2) is 47.8 Å². The number of aliphatic hydroxyl groups is 1. The molecule has 3 N–H and O–H groups in total. The Balaban J connectivity index is 1.97. The Morgan fingerprint density at radius 2 is 2.40 bits per heavy atom.